The third kappa shape index (κ3) is 2.34. The van der Waals surface area contributed by atoms with Crippen LogP contribution in [0.15, 0.2) is 12.1 Å². The Balaban J connectivity index is 2.36. The van der Waals surface area contributed by atoms with Crippen molar-refractivity contribution >= 4 is 17.5 Å². The van der Waals surface area contributed by atoms with Gasteiger partial charge in [0.2, 0.25) is 11.8 Å². The molecule has 0 saturated carbocycles. The Labute approximate surface area is 106 Å². The molecule has 5 nitrogen and oxygen atoms in total. The third-order valence-corrected chi connectivity index (χ3v) is 3.06. The zero-order valence-electron chi connectivity index (χ0n) is 10.9. The van der Waals surface area contributed by atoms with Crippen molar-refractivity contribution in [3.8, 4) is 0 Å². The largest absolute Gasteiger partial charge is 0.345 e. The molecule has 0 aliphatic carbocycles. The van der Waals surface area contributed by atoms with Gasteiger partial charge in [0, 0.05) is 18.7 Å². The molecule has 1 atom stereocenters. The van der Waals surface area contributed by atoms with E-state index in [9.17, 15) is 9.59 Å². The molecular weight excluding hydrogens is 230 g/mol. The van der Waals surface area contributed by atoms with Gasteiger partial charge in [-0.1, -0.05) is 0 Å². The summed E-state index contributed by atoms with van der Waals surface area (Å²) in [6, 6.07) is 3.28. The second-order valence-corrected chi connectivity index (χ2v) is 4.59. The molecule has 0 aromatic carbocycles. The third-order valence-electron chi connectivity index (χ3n) is 3.06. The molecule has 0 bridgehead atoms. The summed E-state index contributed by atoms with van der Waals surface area (Å²) in [6.07, 6.45) is 0.323. The van der Waals surface area contributed by atoms with Gasteiger partial charge in [0.1, 0.15) is 6.04 Å². The molecule has 2 rings (SSSR count). The van der Waals surface area contributed by atoms with Crippen LogP contribution in [0.5, 0.6) is 0 Å². The summed E-state index contributed by atoms with van der Waals surface area (Å²) >= 11 is 0. The molecular formula is C13H17N3O2. The molecule has 0 spiro atoms. The van der Waals surface area contributed by atoms with Gasteiger partial charge in [0.05, 0.1) is 11.4 Å². The molecule has 2 amide bonds. The number of carbonyl (C=O) groups is 2. The first kappa shape index (κ1) is 12.5. The first-order chi connectivity index (χ1) is 8.49. The summed E-state index contributed by atoms with van der Waals surface area (Å²) in [4.78, 5) is 29.7. The fraction of sp³-hybridized carbons (Fsp3) is 0.462. The van der Waals surface area contributed by atoms with Gasteiger partial charge in [0.25, 0.3) is 0 Å². The predicted octanol–water partition coefficient (Wildman–Crippen LogP) is 0.940. The number of amides is 2. The maximum absolute atomic E-state index is 12.2. The number of rotatable bonds is 1. The molecule has 96 valence electrons. The highest BCUT2D eigenvalue weighted by atomic mass is 16.2. The lowest BCUT2D eigenvalue weighted by atomic mass is 10.2. The standard InChI is InChI=1S/C13H17N3O2/c1-8-4-5-11(9(2)14-8)16-7-6-12(17)15-10(3)13(16)18/h4-5,10H,6-7H2,1-3H3,(H,15,17). The van der Waals surface area contributed by atoms with Crippen molar-refractivity contribution in [1.29, 1.82) is 0 Å². The van der Waals surface area contributed by atoms with Crippen LogP contribution in [-0.4, -0.2) is 29.4 Å². The summed E-state index contributed by atoms with van der Waals surface area (Å²) < 4.78 is 0. The Bertz CT molecular complexity index is 499. The van der Waals surface area contributed by atoms with Crippen LogP contribution in [0, 0.1) is 13.8 Å². The number of aryl methyl sites for hydroxylation is 2. The minimum Gasteiger partial charge on any atom is -0.345 e. The highest BCUT2D eigenvalue weighted by Gasteiger charge is 2.28. The number of hydrogen-bond acceptors (Lipinski definition) is 3. The normalized spacial score (nSPS) is 20.6. The van der Waals surface area contributed by atoms with Crippen molar-refractivity contribution in [3.05, 3.63) is 23.5 Å². The number of hydrogen-bond donors (Lipinski definition) is 1. The van der Waals surface area contributed by atoms with Gasteiger partial charge < -0.3 is 10.2 Å². The first-order valence-corrected chi connectivity index (χ1v) is 6.04. The van der Waals surface area contributed by atoms with Gasteiger partial charge in [-0.3, -0.25) is 14.6 Å². The van der Waals surface area contributed by atoms with Gasteiger partial charge in [-0.25, -0.2) is 0 Å². The molecule has 1 aliphatic heterocycles. The summed E-state index contributed by atoms with van der Waals surface area (Å²) in [6.45, 7) is 5.89. The van der Waals surface area contributed by atoms with Gasteiger partial charge in [0.15, 0.2) is 0 Å². The molecule has 0 radical (unpaired) electrons. The lowest BCUT2D eigenvalue weighted by Gasteiger charge is -2.23. The van der Waals surface area contributed by atoms with Gasteiger partial charge in [-0.2, -0.15) is 0 Å². The molecule has 1 aromatic rings. The number of nitrogens with zero attached hydrogens (tertiary/aromatic N) is 2. The van der Waals surface area contributed by atoms with E-state index in [1.165, 1.54) is 0 Å². The molecule has 1 saturated heterocycles. The second-order valence-electron chi connectivity index (χ2n) is 4.59. The lowest BCUT2D eigenvalue weighted by Crippen LogP contribution is -2.43. The fourth-order valence-corrected chi connectivity index (χ4v) is 2.14. The summed E-state index contributed by atoms with van der Waals surface area (Å²) in [5, 5.41) is 2.67. The molecule has 2 heterocycles. The summed E-state index contributed by atoms with van der Waals surface area (Å²) in [5.74, 6) is -0.175. The van der Waals surface area contributed by atoms with E-state index >= 15 is 0 Å². The van der Waals surface area contributed by atoms with Crippen molar-refractivity contribution < 1.29 is 9.59 Å². The SMILES string of the molecule is Cc1ccc(N2CCC(=O)NC(C)C2=O)c(C)n1. The van der Waals surface area contributed by atoms with Crippen LogP contribution in [-0.2, 0) is 9.59 Å². The topological polar surface area (TPSA) is 62.3 Å². The number of pyridine rings is 1. The molecule has 1 fully saturated rings. The van der Waals surface area contributed by atoms with Crippen molar-refractivity contribution in [2.75, 3.05) is 11.4 Å². The Hall–Kier alpha value is -1.91. The van der Waals surface area contributed by atoms with Gasteiger partial charge in [-0.15, -0.1) is 0 Å². The molecule has 1 aromatic heterocycles. The van der Waals surface area contributed by atoms with E-state index in [1.54, 1.807) is 11.8 Å². The molecule has 18 heavy (non-hydrogen) atoms. The van der Waals surface area contributed by atoms with E-state index in [2.05, 4.69) is 10.3 Å². The minimum absolute atomic E-state index is 0.0870. The number of carbonyl (C=O) groups excluding carboxylic acids is 2. The number of anilines is 1. The van der Waals surface area contributed by atoms with E-state index in [0.717, 1.165) is 17.1 Å². The average Bonchev–Trinajstić information content (AvgIpc) is 2.41. The van der Waals surface area contributed by atoms with Crippen molar-refractivity contribution in [1.82, 2.24) is 10.3 Å². The molecule has 1 unspecified atom stereocenters. The average molecular weight is 247 g/mol. The quantitative estimate of drug-likeness (QED) is 0.803. The van der Waals surface area contributed by atoms with E-state index in [-0.39, 0.29) is 11.8 Å². The highest BCUT2D eigenvalue weighted by molar-refractivity contribution is 6.01. The van der Waals surface area contributed by atoms with Crippen LogP contribution in [0.3, 0.4) is 0 Å². The fourth-order valence-electron chi connectivity index (χ4n) is 2.14. The Morgan fingerprint density at radius 1 is 1.33 bits per heavy atom. The predicted molar refractivity (Wildman–Crippen MR) is 68.3 cm³/mol. The molecule has 5 heteroatoms. The Morgan fingerprint density at radius 3 is 2.72 bits per heavy atom. The number of nitrogens with one attached hydrogen (secondary N) is 1. The van der Waals surface area contributed by atoms with Crippen LogP contribution in [0.4, 0.5) is 5.69 Å². The Kier molecular flexibility index (Phi) is 3.32. The van der Waals surface area contributed by atoms with Crippen LogP contribution in [0.25, 0.3) is 0 Å². The highest BCUT2D eigenvalue weighted by Crippen LogP contribution is 2.21. The zero-order chi connectivity index (χ0) is 13.3. The number of aromatic nitrogens is 1. The van der Waals surface area contributed by atoms with Gasteiger partial charge >= 0.3 is 0 Å². The van der Waals surface area contributed by atoms with Crippen LogP contribution in [0.2, 0.25) is 0 Å². The van der Waals surface area contributed by atoms with E-state index in [1.807, 2.05) is 26.0 Å². The van der Waals surface area contributed by atoms with Crippen molar-refractivity contribution in [2.45, 2.75) is 33.2 Å². The van der Waals surface area contributed by atoms with E-state index in [4.69, 9.17) is 0 Å². The summed E-state index contributed by atoms with van der Waals surface area (Å²) in [7, 11) is 0. The maximum Gasteiger partial charge on any atom is 0.249 e. The van der Waals surface area contributed by atoms with E-state index < -0.39 is 6.04 Å². The van der Waals surface area contributed by atoms with Crippen molar-refractivity contribution in [3.63, 3.8) is 0 Å². The minimum atomic E-state index is -0.485. The van der Waals surface area contributed by atoms with Gasteiger partial charge in [-0.05, 0) is 32.9 Å². The van der Waals surface area contributed by atoms with Crippen LogP contribution < -0.4 is 10.2 Å². The van der Waals surface area contributed by atoms with Crippen molar-refractivity contribution in [2.24, 2.45) is 0 Å². The maximum atomic E-state index is 12.2. The Morgan fingerprint density at radius 2 is 2.06 bits per heavy atom. The second kappa shape index (κ2) is 4.76. The van der Waals surface area contributed by atoms with Crippen LogP contribution in [0.1, 0.15) is 24.7 Å². The summed E-state index contributed by atoms with van der Waals surface area (Å²) in [5.41, 5.74) is 2.51. The monoisotopic (exact) mass is 247 g/mol. The first-order valence-electron chi connectivity index (χ1n) is 6.04. The van der Waals surface area contributed by atoms with E-state index in [0.29, 0.717) is 13.0 Å². The lowest BCUT2D eigenvalue weighted by molar-refractivity contribution is -0.125. The molecule has 1 aliphatic rings. The smallest absolute Gasteiger partial charge is 0.249 e. The van der Waals surface area contributed by atoms with Crippen LogP contribution >= 0.6 is 0 Å². The molecule has 1 N–H and O–H groups in total. The zero-order valence-corrected chi connectivity index (χ0v) is 10.9.